The summed E-state index contributed by atoms with van der Waals surface area (Å²) >= 11 is 0.840. The molecule has 8 heteroatoms. The number of carboxylic acid groups (broad SMARTS) is 1. The number of hydrogen-bond donors (Lipinski definition) is 2. The lowest BCUT2D eigenvalue weighted by atomic mass is 10.1. The molecule has 0 spiro atoms. The molecule has 0 aliphatic carbocycles. The van der Waals surface area contributed by atoms with Crippen molar-refractivity contribution in [3.63, 3.8) is 0 Å². The van der Waals surface area contributed by atoms with Gasteiger partial charge in [-0.3, -0.25) is 0 Å². The second-order valence-electron chi connectivity index (χ2n) is 4.92. The van der Waals surface area contributed by atoms with Gasteiger partial charge in [0.05, 0.1) is 0 Å². The van der Waals surface area contributed by atoms with Crippen molar-refractivity contribution in [2.24, 2.45) is 0 Å². The Hall–Kier alpha value is -2.48. The number of hydrogen-bond acceptors (Lipinski definition) is 7. The zero-order valence-electron chi connectivity index (χ0n) is 13.7. The topological polar surface area (TPSA) is 99.7 Å². The molecule has 0 aliphatic heterocycles. The summed E-state index contributed by atoms with van der Waals surface area (Å²) in [7, 11) is 0. The molecule has 7 nitrogen and oxygen atoms in total. The first-order valence-electron chi connectivity index (χ1n) is 7.45. The number of rotatable bonds is 7. The molecule has 0 unspecified atom stereocenters. The molecule has 1 aromatic carbocycles. The molecule has 128 valence electrons. The Morgan fingerprint density at radius 1 is 1.33 bits per heavy atom. The quantitative estimate of drug-likeness (QED) is 0.581. The number of phenols is 1. The number of thioether (sulfide) groups is 1. The van der Waals surface area contributed by atoms with Crippen LogP contribution in [-0.4, -0.2) is 39.5 Å². The molecule has 0 aliphatic rings. The number of phenolic OH excluding ortho intramolecular Hbond substituents is 1. The zero-order chi connectivity index (χ0) is 17.7. The van der Waals surface area contributed by atoms with E-state index in [-0.39, 0.29) is 15.9 Å². The summed E-state index contributed by atoms with van der Waals surface area (Å²) in [5.74, 6) is -0.766. The van der Waals surface area contributed by atoms with Crippen LogP contribution in [0.2, 0.25) is 0 Å². The van der Waals surface area contributed by atoms with Crippen LogP contribution in [0, 0.1) is 6.92 Å². The normalized spacial score (nSPS) is 11.5. The Bertz CT molecular complexity index is 754. The lowest BCUT2D eigenvalue weighted by Gasteiger charge is -2.21. The minimum atomic E-state index is -1.14. The molecule has 1 aromatic heterocycles. The average molecular weight is 349 g/mol. The summed E-state index contributed by atoms with van der Waals surface area (Å²) in [6.07, 6.45) is 1.38. The molecule has 2 N–H and O–H groups in total. The number of carbonyl (C=O) groups is 1. The molecule has 24 heavy (non-hydrogen) atoms. The van der Waals surface area contributed by atoms with Crippen LogP contribution in [0.4, 0.5) is 5.69 Å². The minimum Gasteiger partial charge on any atom is -0.507 e. The molecule has 1 heterocycles. The van der Waals surface area contributed by atoms with Gasteiger partial charge in [-0.1, -0.05) is 0 Å². The fraction of sp³-hybridized carbons (Fsp3) is 0.312. The largest absolute Gasteiger partial charge is 0.507 e. The highest BCUT2D eigenvalue weighted by atomic mass is 32.2. The number of aliphatic carboxylic acids is 1. The predicted octanol–water partition coefficient (Wildman–Crippen LogP) is 3.15. The predicted molar refractivity (Wildman–Crippen MR) is 92.2 cm³/mol. The van der Waals surface area contributed by atoms with Crippen LogP contribution in [0.25, 0.3) is 6.08 Å². The van der Waals surface area contributed by atoms with Gasteiger partial charge in [-0.2, -0.15) is 0 Å². The van der Waals surface area contributed by atoms with Gasteiger partial charge in [-0.15, -0.1) is 10.2 Å². The molecule has 0 fully saturated rings. The second-order valence-corrected chi connectivity index (χ2v) is 5.91. The molecular formula is C16H19N3O4S. The van der Waals surface area contributed by atoms with Gasteiger partial charge in [-0.25, -0.2) is 4.79 Å². The van der Waals surface area contributed by atoms with Crippen LogP contribution >= 0.6 is 11.8 Å². The van der Waals surface area contributed by atoms with Gasteiger partial charge in [0.25, 0.3) is 5.22 Å². The number of benzene rings is 1. The maximum absolute atomic E-state index is 11.4. The van der Waals surface area contributed by atoms with Crippen LogP contribution in [0.5, 0.6) is 5.75 Å². The number of carboxylic acids is 1. The Kier molecular flexibility index (Phi) is 5.86. The maximum atomic E-state index is 11.4. The number of anilines is 1. The van der Waals surface area contributed by atoms with Gasteiger partial charge in [-0.05, 0) is 43.8 Å². The molecule has 0 amide bonds. The summed E-state index contributed by atoms with van der Waals surface area (Å²) in [5, 5.41) is 27.1. The first-order valence-corrected chi connectivity index (χ1v) is 8.27. The van der Waals surface area contributed by atoms with Crippen LogP contribution < -0.4 is 4.90 Å². The van der Waals surface area contributed by atoms with Crippen LogP contribution in [0.15, 0.2) is 32.7 Å². The fourth-order valence-electron chi connectivity index (χ4n) is 2.13. The molecule has 0 radical (unpaired) electrons. The molecule has 2 rings (SSSR count). The van der Waals surface area contributed by atoms with E-state index < -0.39 is 5.97 Å². The van der Waals surface area contributed by atoms with Gasteiger partial charge in [0.15, 0.2) is 0 Å². The van der Waals surface area contributed by atoms with Crippen molar-refractivity contribution in [2.45, 2.75) is 26.0 Å². The standard InChI is InChI=1S/C16H19N3O4S/c1-4-19(5-2)12-7-6-11(13(20)9-12)8-14(15(21)22)24-16-18-17-10(3)23-16/h6-9,20H,4-5H2,1-3H3,(H,21,22)/b14-8-. The van der Waals surface area contributed by atoms with E-state index in [0.29, 0.717) is 11.5 Å². The molecular weight excluding hydrogens is 330 g/mol. The number of aryl methyl sites for hydroxylation is 1. The van der Waals surface area contributed by atoms with Gasteiger partial charge < -0.3 is 19.5 Å². The highest BCUT2D eigenvalue weighted by Crippen LogP contribution is 2.31. The fourth-order valence-corrected chi connectivity index (χ4v) is 2.83. The highest BCUT2D eigenvalue weighted by molar-refractivity contribution is 8.03. The third-order valence-electron chi connectivity index (χ3n) is 3.34. The Morgan fingerprint density at radius 3 is 2.54 bits per heavy atom. The minimum absolute atomic E-state index is 0.0143. The third kappa shape index (κ3) is 4.29. The molecule has 0 saturated carbocycles. The van der Waals surface area contributed by atoms with Gasteiger partial charge >= 0.3 is 5.97 Å². The average Bonchev–Trinajstić information content (AvgIpc) is 2.95. The van der Waals surface area contributed by atoms with Crippen molar-refractivity contribution in [1.29, 1.82) is 0 Å². The SMILES string of the molecule is CCN(CC)c1ccc(/C=C(\Sc2nnc(C)o2)C(=O)O)c(O)c1. The smallest absolute Gasteiger partial charge is 0.342 e. The van der Waals surface area contributed by atoms with Crippen molar-refractivity contribution >= 4 is 29.5 Å². The van der Waals surface area contributed by atoms with E-state index in [9.17, 15) is 15.0 Å². The lowest BCUT2D eigenvalue weighted by Crippen LogP contribution is -2.21. The summed E-state index contributed by atoms with van der Waals surface area (Å²) in [6.45, 7) is 7.31. The van der Waals surface area contributed by atoms with E-state index in [1.165, 1.54) is 6.08 Å². The molecule has 0 atom stereocenters. The van der Waals surface area contributed by atoms with Crippen LogP contribution in [-0.2, 0) is 4.79 Å². The number of aromatic nitrogens is 2. The van der Waals surface area contributed by atoms with Crippen LogP contribution in [0.3, 0.4) is 0 Å². The lowest BCUT2D eigenvalue weighted by molar-refractivity contribution is -0.131. The number of nitrogens with zero attached hydrogens (tertiary/aromatic N) is 3. The van der Waals surface area contributed by atoms with E-state index in [1.807, 2.05) is 19.9 Å². The first-order chi connectivity index (χ1) is 11.4. The van der Waals surface area contributed by atoms with E-state index in [1.54, 1.807) is 19.1 Å². The van der Waals surface area contributed by atoms with Gasteiger partial charge in [0, 0.05) is 37.3 Å². The highest BCUT2D eigenvalue weighted by Gasteiger charge is 2.15. The third-order valence-corrected chi connectivity index (χ3v) is 4.20. The zero-order valence-corrected chi connectivity index (χ0v) is 14.5. The summed E-state index contributed by atoms with van der Waals surface area (Å²) in [4.78, 5) is 13.5. The Balaban J connectivity index is 2.30. The summed E-state index contributed by atoms with van der Waals surface area (Å²) in [5.41, 5.74) is 1.29. The van der Waals surface area contributed by atoms with Crippen LogP contribution in [0.1, 0.15) is 25.3 Å². The monoisotopic (exact) mass is 349 g/mol. The summed E-state index contributed by atoms with van der Waals surface area (Å²) < 4.78 is 5.18. The van der Waals surface area contributed by atoms with Crippen molar-refractivity contribution in [3.05, 3.63) is 34.6 Å². The van der Waals surface area contributed by atoms with E-state index >= 15 is 0 Å². The van der Waals surface area contributed by atoms with E-state index in [0.717, 1.165) is 30.5 Å². The van der Waals surface area contributed by atoms with Crippen molar-refractivity contribution < 1.29 is 19.4 Å². The second kappa shape index (κ2) is 7.87. The van der Waals surface area contributed by atoms with Crippen molar-refractivity contribution in [2.75, 3.05) is 18.0 Å². The molecule has 2 aromatic rings. The first kappa shape index (κ1) is 17.9. The number of aromatic hydroxyl groups is 1. The maximum Gasteiger partial charge on any atom is 0.342 e. The van der Waals surface area contributed by atoms with Gasteiger partial charge in [0.2, 0.25) is 5.89 Å². The van der Waals surface area contributed by atoms with Crippen molar-refractivity contribution in [1.82, 2.24) is 10.2 Å². The Morgan fingerprint density at radius 2 is 2.04 bits per heavy atom. The van der Waals surface area contributed by atoms with Crippen molar-refractivity contribution in [3.8, 4) is 5.75 Å². The van der Waals surface area contributed by atoms with Gasteiger partial charge in [0.1, 0.15) is 10.7 Å². The van der Waals surface area contributed by atoms with E-state index in [2.05, 4.69) is 15.1 Å². The molecule has 0 bridgehead atoms. The summed E-state index contributed by atoms with van der Waals surface area (Å²) in [6, 6.07) is 5.16. The molecule has 0 saturated heterocycles. The Labute approximate surface area is 144 Å². The van der Waals surface area contributed by atoms with E-state index in [4.69, 9.17) is 4.42 Å².